The number of benzene rings is 1. The zero-order chi connectivity index (χ0) is 15.7. The molecule has 0 bridgehead atoms. The van der Waals surface area contributed by atoms with Crippen LogP contribution in [-0.2, 0) is 4.79 Å². The SMILES string of the molecule is O=C1CCN(c2ccc(-n3ccc(=O)[nH]c3=O)cc2F)CC1. The first kappa shape index (κ1) is 14.2. The van der Waals surface area contributed by atoms with Crippen LogP contribution >= 0.6 is 0 Å². The second-order valence-electron chi connectivity index (χ2n) is 5.14. The maximum atomic E-state index is 14.3. The normalized spacial score (nSPS) is 15.1. The van der Waals surface area contributed by atoms with Gasteiger partial charge in [0.15, 0.2) is 0 Å². The highest BCUT2D eigenvalue weighted by atomic mass is 19.1. The van der Waals surface area contributed by atoms with E-state index in [1.54, 1.807) is 12.1 Å². The molecule has 1 aromatic heterocycles. The van der Waals surface area contributed by atoms with E-state index in [1.165, 1.54) is 18.3 Å². The van der Waals surface area contributed by atoms with Gasteiger partial charge in [-0.2, -0.15) is 0 Å². The fraction of sp³-hybridized carbons (Fsp3) is 0.267. The van der Waals surface area contributed by atoms with Crippen molar-refractivity contribution in [2.24, 2.45) is 0 Å². The third-order valence-electron chi connectivity index (χ3n) is 3.70. The first-order valence-electron chi connectivity index (χ1n) is 6.93. The Bertz CT molecular complexity index is 830. The number of hydrogen-bond acceptors (Lipinski definition) is 4. The number of nitrogens with zero attached hydrogens (tertiary/aromatic N) is 2. The number of aromatic nitrogens is 2. The molecule has 0 spiro atoms. The highest BCUT2D eigenvalue weighted by molar-refractivity contribution is 5.81. The van der Waals surface area contributed by atoms with Gasteiger partial charge in [-0.05, 0) is 12.1 Å². The van der Waals surface area contributed by atoms with Crippen LogP contribution in [0, 0.1) is 5.82 Å². The van der Waals surface area contributed by atoms with Crippen LogP contribution in [0.4, 0.5) is 10.1 Å². The molecule has 6 nitrogen and oxygen atoms in total. The van der Waals surface area contributed by atoms with Crippen LogP contribution in [0.5, 0.6) is 0 Å². The lowest BCUT2D eigenvalue weighted by molar-refractivity contribution is -0.119. The zero-order valence-electron chi connectivity index (χ0n) is 11.7. The monoisotopic (exact) mass is 303 g/mol. The van der Waals surface area contributed by atoms with Crippen molar-refractivity contribution in [1.82, 2.24) is 9.55 Å². The van der Waals surface area contributed by atoms with Crippen molar-refractivity contribution in [3.63, 3.8) is 0 Å². The van der Waals surface area contributed by atoms with Gasteiger partial charge in [-0.15, -0.1) is 0 Å². The molecular formula is C15H14FN3O3. The van der Waals surface area contributed by atoms with Gasteiger partial charge in [0.2, 0.25) is 0 Å². The number of H-pyrrole nitrogens is 1. The largest absolute Gasteiger partial charge is 0.368 e. The molecule has 1 aromatic carbocycles. The molecule has 2 heterocycles. The summed E-state index contributed by atoms with van der Waals surface area (Å²) in [7, 11) is 0. The molecule has 1 N–H and O–H groups in total. The van der Waals surface area contributed by atoms with Crippen LogP contribution in [-0.4, -0.2) is 28.4 Å². The van der Waals surface area contributed by atoms with E-state index in [-0.39, 0.29) is 5.78 Å². The first-order chi connectivity index (χ1) is 10.5. The third-order valence-corrected chi connectivity index (χ3v) is 3.70. The van der Waals surface area contributed by atoms with E-state index in [1.807, 2.05) is 4.90 Å². The van der Waals surface area contributed by atoms with Gasteiger partial charge in [-0.1, -0.05) is 0 Å². The molecule has 22 heavy (non-hydrogen) atoms. The number of carbonyl (C=O) groups excluding carboxylic acids is 1. The van der Waals surface area contributed by atoms with Crippen LogP contribution < -0.4 is 16.1 Å². The van der Waals surface area contributed by atoms with Gasteiger partial charge in [-0.3, -0.25) is 19.1 Å². The Labute approximate surface area is 124 Å². The number of halogens is 1. The molecule has 1 fully saturated rings. The quantitative estimate of drug-likeness (QED) is 0.892. The summed E-state index contributed by atoms with van der Waals surface area (Å²) in [5.41, 5.74) is -0.385. The summed E-state index contributed by atoms with van der Waals surface area (Å²) < 4.78 is 15.5. The van der Waals surface area contributed by atoms with E-state index in [4.69, 9.17) is 0 Å². The van der Waals surface area contributed by atoms with Crippen LogP contribution in [0.25, 0.3) is 5.69 Å². The maximum Gasteiger partial charge on any atom is 0.332 e. The summed E-state index contributed by atoms with van der Waals surface area (Å²) in [6.07, 6.45) is 2.14. The summed E-state index contributed by atoms with van der Waals surface area (Å²) in [5.74, 6) is -0.280. The molecule has 114 valence electrons. The summed E-state index contributed by atoms with van der Waals surface area (Å²) >= 11 is 0. The highest BCUT2D eigenvalue weighted by Crippen LogP contribution is 2.24. The number of aromatic amines is 1. The summed E-state index contributed by atoms with van der Waals surface area (Å²) in [4.78, 5) is 37.9. The Morgan fingerprint density at radius 1 is 1.05 bits per heavy atom. The van der Waals surface area contributed by atoms with Crippen molar-refractivity contribution in [2.75, 3.05) is 18.0 Å². The Morgan fingerprint density at radius 3 is 2.41 bits per heavy atom. The number of Topliss-reactive ketones (excluding diaryl/α,β-unsaturated/α-hetero) is 1. The van der Waals surface area contributed by atoms with Gasteiger partial charge in [0.25, 0.3) is 5.56 Å². The second kappa shape index (κ2) is 5.59. The van der Waals surface area contributed by atoms with E-state index >= 15 is 0 Å². The smallest absolute Gasteiger partial charge is 0.332 e. The lowest BCUT2D eigenvalue weighted by Gasteiger charge is -2.28. The molecule has 1 aliphatic heterocycles. The van der Waals surface area contributed by atoms with E-state index in [0.29, 0.717) is 37.3 Å². The summed E-state index contributed by atoms with van der Waals surface area (Å²) in [6, 6.07) is 5.63. The van der Waals surface area contributed by atoms with Crippen molar-refractivity contribution in [1.29, 1.82) is 0 Å². The molecule has 0 unspecified atom stereocenters. The van der Waals surface area contributed by atoms with Crippen molar-refractivity contribution in [3.8, 4) is 5.69 Å². The van der Waals surface area contributed by atoms with Crippen LogP contribution in [0.2, 0.25) is 0 Å². The molecule has 0 aliphatic carbocycles. The van der Waals surface area contributed by atoms with Crippen molar-refractivity contribution < 1.29 is 9.18 Å². The molecule has 0 amide bonds. The van der Waals surface area contributed by atoms with E-state index in [0.717, 1.165) is 4.57 Å². The molecule has 2 aromatic rings. The predicted octanol–water partition coefficient (Wildman–Crippen LogP) is 0.834. The van der Waals surface area contributed by atoms with Gasteiger partial charge >= 0.3 is 5.69 Å². The lowest BCUT2D eigenvalue weighted by Crippen LogP contribution is -2.34. The molecule has 3 rings (SSSR count). The third kappa shape index (κ3) is 2.69. The van der Waals surface area contributed by atoms with Gasteiger partial charge in [0.05, 0.1) is 11.4 Å². The second-order valence-corrected chi connectivity index (χ2v) is 5.14. The Kier molecular flexibility index (Phi) is 3.62. The number of carbonyl (C=O) groups is 1. The van der Waals surface area contributed by atoms with E-state index < -0.39 is 17.1 Å². The topological polar surface area (TPSA) is 75.2 Å². The van der Waals surface area contributed by atoms with Gasteiger partial charge in [-0.25, -0.2) is 9.18 Å². The number of hydrogen-bond donors (Lipinski definition) is 1. The molecule has 0 radical (unpaired) electrons. The standard InChI is InChI=1S/C15H14FN3O3/c16-12-9-10(19-8-5-14(21)17-15(19)22)1-2-13(12)18-6-3-11(20)4-7-18/h1-2,5,8-9H,3-4,6-7H2,(H,17,21,22). The zero-order valence-corrected chi connectivity index (χ0v) is 11.7. The molecule has 0 atom stereocenters. The summed E-state index contributed by atoms with van der Waals surface area (Å²) in [5, 5.41) is 0. The first-order valence-corrected chi connectivity index (χ1v) is 6.93. The summed E-state index contributed by atoms with van der Waals surface area (Å²) in [6.45, 7) is 0.988. The number of anilines is 1. The Hall–Kier alpha value is -2.70. The van der Waals surface area contributed by atoms with Crippen molar-refractivity contribution in [2.45, 2.75) is 12.8 Å². The molecule has 7 heteroatoms. The molecular weight excluding hydrogens is 289 g/mol. The van der Waals surface area contributed by atoms with Crippen molar-refractivity contribution in [3.05, 3.63) is 57.1 Å². The average Bonchev–Trinajstić information content (AvgIpc) is 2.48. The minimum absolute atomic E-state index is 0.188. The average molecular weight is 303 g/mol. The van der Waals surface area contributed by atoms with E-state index in [9.17, 15) is 18.8 Å². The van der Waals surface area contributed by atoms with Crippen LogP contribution in [0.1, 0.15) is 12.8 Å². The minimum Gasteiger partial charge on any atom is -0.368 e. The van der Waals surface area contributed by atoms with Crippen molar-refractivity contribution >= 4 is 11.5 Å². The number of piperidine rings is 1. The number of nitrogens with one attached hydrogen (secondary N) is 1. The number of rotatable bonds is 2. The van der Waals surface area contributed by atoms with E-state index in [2.05, 4.69) is 4.98 Å². The molecule has 0 saturated carbocycles. The minimum atomic E-state index is -0.622. The fourth-order valence-corrected chi connectivity index (χ4v) is 2.52. The molecule has 1 saturated heterocycles. The van der Waals surface area contributed by atoms with Crippen LogP contribution in [0.3, 0.4) is 0 Å². The van der Waals surface area contributed by atoms with Gasteiger partial charge in [0, 0.05) is 44.3 Å². The van der Waals surface area contributed by atoms with Crippen LogP contribution in [0.15, 0.2) is 40.1 Å². The van der Waals surface area contributed by atoms with Gasteiger partial charge < -0.3 is 4.90 Å². The molecule has 1 aliphatic rings. The van der Waals surface area contributed by atoms with Gasteiger partial charge in [0.1, 0.15) is 11.6 Å². The highest BCUT2D eigenvalue weighted by Gasteiger charge is 2.19. The maximum absolute atomic E-state index is 14.3. The predicted molar refractivity (Wildman–Crippen MR) is 79.1 cm³/mol. The Morgan fingerprint density at radius 2 is 1.77 bits per heavy atom. The lowest BCUT2D eigenvalue weighted by atomic mass is 10.1. The Balaban J connectivity index is 1.93. The number of ketones is 1. The fourth-order valence-electron chi connectivity index (χ4n) is 2.52.